The van der Waals surface area contributed by atoms with E-state index in [1.54, 1.807) is 6.08 Å². The summed E-state index contributed by atoms with van der Waals surface area (Å²) in [4.78, 5) is 10.4. The van der Waals surface area contributed by atoms with Crippen molar-refractivity contribution in [1.82, 2.24) is 0 Å². The van der Waals surface area contributed by atoms with Crippen molar-refractivity contribution in [3.8, 4) is 0 Å². The van der Waals surface area contributed by atoms with Crippen LogP contribution in [-0.2, 0) is 4.79 Å². The lowest BCUT2D eigenvalue weighted by Gasteiger charge is -1.93. The van der Waals surface area contributed by atoms with E-state index in [-0.39, 0.29) is 0 Å². The van der Waals surface area contributed by atoms with E-state index in [1.807, 2.05) is 31.2 Å². The van der Waals surface area contributed by atoms with E-state index in [4.69, 9.17) is 5.73 Å². The van der Waals surface area contributed by atoms with Gasteiger partial charge in [-0.1, -0.05) is 29.8 Å². The molecule has 0 unspecified atom stereocenters. The van der Waals surface area contributed by atoms with E-state index in [2.05, 4.69) is 0 Å². The van der Waals surface area contributed by atoms with Crippen LogP contribution < -0.4 is 5.73 Å². The van der Waals surface area contributed by atoms with Crippen LogP contribution in [0.5, 0.6) is 0 Å². The first-order chi connectivity index (χ1) is 5.68. The highest BCUT2D eigenvalue weighted by Gasteiger charge is 1.87. The molecule has 0 aliphatic heterocycles. The highest BCUT2D eigenvalue weighted by atomic mass is 16.1. The Hall–Kier alpha value is -1.57. The molecule has 0 fully saturated rings. The molecule has 1 amide bonds. The van der Waals surface area contributed by atoms with Crippen molar-refractivity contribution < 1.29 is 4.79 Å². The van der Waals surface area contributed by atoms with E-state index in [0.717, 1.165) is 5.56 Å². The van der Waals surface area contributed by atoms with E-state index in [9.17, 15) is 4.79 Å². The molecule has 1 rings (SSSR count). The average molecular weight is 161 g/mol. The second-order valence-corrected chi connectivity index (χ2v) is 2.65. The van der Waals surface area contributed by atoms with Crippen LogP contribution in [0.2, 0.25) is 0 Å². The fourth-order valence-corrected chi connectivity index (χ4v) is 0.952. The summed E-state index contributed by atoms with van der Waals surface area (Å²) in [7, 11) is 0. The standard InChI is InChI=1S/C10H11NO/c1-8-3-2-4-9(7-8)5-6-10(11)12/h2-7H,1H3,(H2,11,12)/b6-5+. The number of hydrogen-bond donors (Lipinski definition) is 1. The van der Waals surface area contributed by atoms with Crippen LogP contribution in [0, 0.1) is 6.92 Å². The van der Waals surface area contributed by atoms with Crippen molar-refractivity contribution in [2.45, 2.75) is 6.92 Å². The highest BCUT2D eigenvalue weighted by Crippen LogP contribution is 2.05. The summed E-state index contributed by atoms with van der Waals surface area (Å²) in [6.07, 6.45) is 3.06. The van der Waals surface area contributed by atoms with Crippen LogP contribution >= 0.6 is 0 Å². The number of primary amides is 1. The minimum Gasteiger partial charge on any atom is -0.366 e. The summed E-state index contributed by atoms with van der Waals surface area (Å²) in [5.74, 6) is -0.420. The molecule has 0 atom stereocenters. The Morgan fingerprint density at radius 3 is 2.83 bits per heavy atom. The van der Waals surface area contributed by atoms with Crippen molar-refractivity contribution in [3.05, 3.63) is 41.5 Å². The van der Waals surface area contributed by atoms with Crippen LogP contribution in [0.4, 0.5) is 0 Å². The predicted octanol–water partition coefficient (Wildman–Crippen LogP) is 1.49. The van der Waals surface area contributed by atoms with E-state index in [0.29, 0.717) is 0 Å². The topological polar surface area (TPSA) is 43.1 Å². The van der Waals surface area contributed by atoms with Gasteiger partial charge in [0, 0.05) is 6.08 Å². The molecule has 1 aromatic carbocycles. The maximum Gasteiger partial charge on any atom is 0.241 e. The zero-order chi connectivity index (χ0) is 8.97. The van der Waals surface area contributed by atoms with Crippen molar-refractivity contribution in [2.24, 2.45) is 5.73 Å². The number of carbonyl (C=O) groups is 1. The third kappa shape index (κ3) is 2.58. The van der Waals surface area contributed by atoms with Gasteiger partial charge in [-0.05, 0) is 18.6 Å². The number of nitrogens with two attached hydrogens (primary N) is 1. The molecule has 0 saturated carbocycles. The summed E-state index contributed by atoms with van der Waals surface area (Å²) < 4.78 is 0. The lowest BCUT2D eigenvalue weighted by Crippen LogP contribution is -2.05. The molecule has 0 saturated heterocycles. The number of benzene rings is 1. The van der Waals surface area contributed by atoms with E-state index in [1.165, 1.54) is 11.6 Å². The summed E-state index contributed by atoms with van der Waals surface area (Å²) in [6.45, 7) is 2.00. The molecule has 2 heteroatoms. The minimum absolute atomic E-state index is 0.420. The van der Waals surface area contributed by atoms with Gasteiger partial charge < -0.3 is 5.73 Å². The first-order valence-electron chi connectivity index (χ1n) is 3.72. The summed E-state index contributed by atoms with van der Waals surface area (Å²) in [5.41, 5.74) is 7.12. The van der Waals surface area contributed by atoms with Gasteiger partial charge in [-0.3, -0.25) is 4.79 Å². The van der Waals surface area contributed by atoms with Gasteiger partial charge in [0.1, 0.15) is 0 Å². The number of amides is 1. The molecule has 0 aromatic heterocycles. The van der Waals surface area contributed by atoms with Gasteiger partial charge in [0.2, 0.25) is 5.91 Å². The van der Waals surface area contributed by atoms with Gasteiger partial charge in [-0.25, -0.2) is 0 Å². The van der Waals surface area contributed by atoms with Crippen molar-refractivity contribution >= 4 is 12.0 Å². The van der Waals surface area contributed by atoms with Crippen molar-refractivity contribution in [2.75, 3.05) is 0 Å². The summed E-state index contributed by atoms with van der Waals surface area (Å²) in [6, 6.07) is 7.85. The summed E-state index contributed by atoms with van der Waals surface area (Å²) in [5, 5.41) is 0. The van der Waals surface area contributed by atoms with Gasteiger partial charge in [0.25, 0.3) is 0 Å². The van der Waals surface area contributed by atoms with Gasteiger partial charge in [-0.15, -0.1) is 0 Å². The van der Waals surface area contributed by atoms with Gasteiger partial charge >= 0.3 is 0 Å². The molecule has 12 heavy (non-hydrogen) atoms. The summed E-state index contributed by atoms with van der Waals surface area (Å²) >= 11 is 0. The fraction of sp³-hybridized carbons (Fsp3) is 0.100. The predicted molar refractivity (Wildman–Crippen MR) is 49.4 cm³/mol. The van der Waals surface area contributed by atoms with Gasteiger partial charge in [0.15, 0.2) is 0 Å². The molecule has 2 N–H and O–H groups in total. The number of rotatable bonds is 2. The van der Waals surface area contributed by atoms with E-state index < -0.39 is 5.91 Å². The molecule has 1 aromatic rings. The zero-order valence-electron chi connectivity index (χ0n) is 6.95. The Bertz CT molecular complexity index is 315. The van der Waals surface area contributed by atoms with Crippen LogP contribution in [0.25, 0.3) is 6.08 Å². The Labute approximate surface area is 71.7 Å². The molecule has 0 spiro atoms. The third-order valence-corrected chi connectivity index (χ3v) is 1.48. The SMILES string of the molecule is Cc1cccc(/C=C/C(N)=O)c1. The number of carbonyl (C=O) groups excluding carboxylic acids is 1. The van der Waals surface area contributed by atoms with Gasteiger partial charge in [0.05, 0.1) is 0 Å². The Morgan fingerprint density at radius 1 is 1.50 bits per heavy atom. The molecule has 0 aliphatic rings. The Balaban J connectivity index is 2.83. The van der Waals surface area contributed by atoms with Crippen LogP contribution in [0.3, 0.4) is 0 Å². The zero-order valence-corrected chi connectivity index (χ0v) is 6.95. The van der Waals surface area contributed by atoms with Crippen LogP contribution in [0.15, 0.2) is 30.3 Å². The maximum absolute atomic E-state index is 10.4. The second-order valence-electron chi connectivity index (χ2n) is 2.65. The Morgan fingerprint density at radius 2 is 2.25 bits per heavy atom. The van der Waals surface area contributed by atoms with Crippen molar-refractivity contribution in [1.29, 1.82) is 0 Å². The number of hydrogen-bond acceptors (Lipinski definition) is 1. The molecular formula is C10H11NO. The monoisotopic (exact) mass is 161 g/mol. The first-order valence-corrected chi connectivity index (χ1v) is 3.72. The third-order valence-electron chi connectivity index (χ3n) is 1.48. The minimum atomic E-state index is -0.420. The lowest BCUT2D eigenvalue weighted by atomic mass is 10.1. The van der Waals surface area contributed by atoms with Crippen molar-refractivity contribution in [3.63, 3.8) is 0 Å². The molecule has 2 nitrogen and oxygen atoms in total. The lowest BCUT2D eigenvalue weighted by molar-refractivity contribution is -0.113. The fourth-order valence-electron chi connectivity index (χ4n) is 0.952. The highest BCUT2D eigenvalue weighted by molar-refractivity contribution is 5.90. The largest absolute Gasteiger partial charge is 0.366 e. The molecule has 0 radical (unpaired) electrons. The first kappa shape index (κ1) is 8.53. The maximum atomic E-state index is 10.4. The molecule has 62 valence electrons. The Kier molecular flexibility index (Phi) is 2.64. The van der Waals surface area contributed by atoms with E-state index >= 15 is 0 Å². The van der Waals surface area contributed by atoms with Gasteiger partial charge in [-0.2, -0.15) is 0 Å². The molecular weight excluding hydrogens is 150 g/mol. The quantitative estimate of drug-likeness (QED) is 0.656. The normalized spacial score (nSPS) is 10.4. The van der Waals surface area contributed by atoms with Crippen LogP contribution in [0.1, 0.15) is 11.1 Å². The average Bonchev–Trinajstić information content (AvgIpc) is 2.01. The van der Waals surface area contributed by atoms with Crippen LogP contribution in [-0.4, -0.2) is 5.91 Å². The molecule has 0 aliphatic carbocycles. The molecule has 0 bridgehead atoms. The second kappa shape index (κ2) is 3.72. The smallest absolute Gasteiger partial charge is 0.241 e. The molecule has 0 heterocycles. The number of aryl methyl sites for hydroxylation is 1.